The molecule has 0 saturated heterocycles. The summed E-state index contributed by atoms with van der Waals surface area (Å²) < 4.78 is 13.9. The van der Waals surface area contributed by atoms with E-state index in [1.54, 1.807) is 30.7 Å². The molecule has 0 radical (unpaired) electrons. The van der Waals surface area contributed by atoms with Gasteiger partial charge in [0.2, 0.25) is 5.95 Å². The van der Waals surface area contributed by atoms with Crippen LogP contribution in [-0.2, 0) is 13.0 Å². The van der Waals surface area contributed by atoms with E-state index in [0.29, 0.717) is 12.5 Å². The number of rotatable bonds is 6. The van der Waals surface area contributed by atoms with Crippen molar-refractivity contribution in [3.8, 4) is 0 Å². The SMILES string of the molecule is Fc1ccc(CN(CCc2ccccn2)c2ncc(Br)cn2)cc1. The van der Waals surface area contributed by atoms with E-state index in [1.165, 1.54) is 12.1 Å². The first-order chi connectivity index (χ1) is 11.7. The molecule has 6 heteroatoms. The molecule has 24 heavy (non-hydrogen) atoms. The minimum Gasteiger partial charge on any atom is -0.336 e. The molecule has 0 aliphatic rings. The molecule has 122 valence electrons. The van der Waals surface area contributed by atoms with Gasteiger partial charge in [0.05, 0.1) is 4.47 Å². The van der Waals surface area contributed by atoms with E-state index < -0.39 is 0 Å². The molecule has 0 bridgehead atoms. The maximum atomic E-state index is 13.1. The fourth-order valence-corrected chi connectivity index (χ4v) is 2.53. The molecule has 0 saturated carbocycles. The van der Waals surface area contributed by atoms with Crippen LogP contribution in [0.2, 0.25) is 0 Å². The van der Waals surface area contributed by atoms with Crippen molar-refractivity contribution in [1.82, 2.24) is 15.0 Å². The predicted molar refractivity (Wildman–Crippen MR) is 95.1 cm³/mol. The van der Waals surface area contributed by atoms with Gasteiger partial charge in [0, 0.05) is 43.8 Å². The lowest BCUT2D eigenvalue weighted by molar-refractivity contribution is 0.626. The Morgan fingerprint density at radius 1 is 0.958 bits per heavy atom. The van der Waals surface area contributed by atoms with Crippen LogP contribution < -0.4 is 4.90 Å². The number of pyridine rings is 1. The molecule has 3 aromatic rings. The molecule has 0 amide bonds. The minimum absolute atomic E-state index is 0.237. The Morgan fingerprint density at radius 3 is 2.38 bits per heavy atom. The molecule has 1 aromatic carbocycles. The van der Waals surface area contributed by atoms with Crippen LogP contribution in [0.4, 0.5) is 10.3 Å². The van der Waals surface area contributed by atoms with Gasteiger partial charge in [0.15, 0.2) is 0 Å². The van der Waals surface area contributed by atoms with Crippen LogP contribution in [-0.4, -0.2) is 21.5 Å². The van der Waals surface area contributed by atoms with Crippen molar-refractivity contribution in [3.05, 3.63) is 82.6 Å². The molecule has 0 spiro atoms. The second-order valence-corrected chi connectivity index (χ2v) is 6.24. The standard InChI is InChI=1S/C18H16BrFN4/c19-15-11-22-18(23-12-15)24(10-8-17-3-1-2-9-21-17)13-14-4-6-16(20)7-5-14/h1-7,9,11-12H,8,10,13H2. The number of benzene rings is 1. The quantitative estimate of drug-likeness (QED) is 0.641. The van der Waals surface area contributed by atoms with Gasteiger partial charge in [0.25, 0.3) is 0 Å². The van der Waals surface area contributed by atoms with E-state index >= 15 is 0 Å². The van der Waals surface area contributed by atoms with Gasteiger partial charge in [-0.2, -0.15) is 0 Å². The maximum Gasteiger partial charge on any atom is 0.225 e. The largest absolute Gasteiger partial charge is 0.336 e. The van der Waals surface area contributed by atoms with Crippen LogP contribution in [0.3, 0.4) is 0 Å². The number of aromatic nitrogens is 3. The van der Waals surface area contributed by atoms with Crippen LogP contribution in [0, 0.1) is 5.82 Å². The Kier molecular flexibility index (Phi) is 5.48. The van der Waals surface area contributed by atoms with E-state index in [0.717, 1.165) is 28.7 Å². The summed E-state index contributed by atoms with van der Waals surface area (Å²) in [6.45, 7) is 1.32. The second kappa shape index (κ2) is 7.97. The fraction of sp³-hybridized carbons (Fsp3) is 0.167. The van der Waals surface area contributed by atoms with E-state index in [9.17, 15) is 4.39 Å². The van der Waals surface area contributed by atoms with E-state index in [1.807, 2.05) is 18.2 Å². The van der Waals surface area contributed by atoms with Crippen LogP contribution >= 0.6 is 15.9 Å². The normalized spacial score (nSPS) is 10.6. The average Bonchev–Trinajstić information content (AvgIpc) is 2.62. The molecule has 0 fully saturated rings. The first-order valence-electron chi connectivity index (χ1n) is 7.57. The van der Waals surface area contributed by atoms with Gasteiger partial charge in [-0.15, -0.1) is 0 Å². The van der Waals surface area contributed by atoms with Gasteiger partial charge in [-0.05, 0) is 45.8 Å². The predicted octanol–water partition coefficient (Wildman–Crippen LogP) is 4.02. The van der Waals surface area contributed by atoms with Crippen LogP contribution in [0.15, 0.2) is 65.5 Å². The summed E-state index contributed by atoms with van der Waals surface area (Å²) >= 11 is 3.35. The lowest BCUT2D eigenvalue weighted by Gasteiger charge is -2.22. The molecule has 0 N–H and O–H groups in total. The van der Waals surface area contributed by atoms with Gasteiger partial charge < -0.3 is 4.90 Å². The highest BCUT2D eigenvalue weighted by Gasteiger charge is 2.11. The monoisotopic (exact) mass is 386 g/mol. The zero-order valence-electron chi connectivity index (χ0n) is 12.9. The Morgan fingerprint density at radius 2 is 1.71 bits per heavy atom. The molecule has 0 unspecified atom stereocenters. The molecule has 0 aliphatic heterocycles. The zero-order chi connectivity index (χ0) is 16.8. The summed E-state index contributed by atoms with van der Waals surface area (Å²) in [4.78, 5) is 15.2. The molecule has 4 nitrogen and oxygen atoms in total. The Bertz CT molecular complexity index is 763. The number of halogens is 2. The Hall–Kier alpha value is -2.34. The number of nitrogens with zero attached hydrogens (tertiary/aromatic N) is 4. The van der Waals surface area contributed by atoms with E-state index in [2.05, 4.69) is 35.8 Å². The highest BCUT2D eigenvalue weighted by molar-refractivity contribution is 9.10. The molecule has 3 rings (SSSR count). The van der Waals surface area contributed by atoms with Gasteiger partial charge in [-0.1, -0.05) is 18.2 Å². The van der Waals surface area contributed by atoms with Gasteiger partial charge in [-0.25, -0.2) is 14.4 Å². The van der Waals surface area contributed by atoms with Crippen molar-refractivity contribution in [3.63, 3.8) is 0 Å². The second-order valence-electron chi connectivity index (χ2n) is 5.32. The third kappa shape index (κ3) is 4.58. The molecule has 2 heterocycles. The molecule has 2 aromatic heterocycles. The third-order valence-electron chi connectivity index (χ3n) is 3.54. The molecule has 0 aliphatic carbocycles. The first kappa shape index (κ1) is 16.5. The topological polar surface area (TPSA) is 41.9 Å². The minimum atomic E-state index is -0.237. The fourth-order valence-electron chi connectivity index (χ4n) is 2.32. The van der Waals surface area contributed by atoms with Gasteiger partial charge >= 0.3 is 0 Å². The van der Waals surface area contributed by atoms with Crippen molar-refractivity contribution in [1.29, 1.82) is 0 Å². The smallest absolute Gasteiger partial charge is 0.225 e. The van der Waals surface area contributed by atoms with Crippen molar-refractivity contribution < 1.29 is 4.39 Å². The number of anilines is 1. The van der Waals surface area contributed by atoms with Crippen molar-refractivity contribution in [2.45, 2.75) is 13.0 Å². The van der Waals surface area contributed by atoms with Crippen LogP contribution in [0.1, 0.15) is 11.3 Å². The number of hydrogen-bond acceptors (Lipinski definition) is 4. The average molecular weight is 387 g/mol. The van der Waals surface area contributed by atoms with Gasteiger partial charge in [-0.3, -0.25) is 4.98 Å². The molecule has 0 atom stereocenters. The summed E-state index contributed by atoms with van der Waals surface area (Å²) in [6.07, 6.45) is 6.01. The number of hydrogen-bond donors (Lipinski definition) is 0. The Labute approximate surface area is 148 Å². The third-order valence-corrected chi connectivity index (χ3v) is 3.95. The summed E-state index contributed by atoms with van der Waals surface area (Å²) in [5.41, 5.74) is 2.02. The molecular weight excluding hydrogens is 371 g/mol. The highest BCUT2D eigenvalue weighted by atomic mass is 79.9. The lowest BCUT2D eigenvalue weighted by atomic mass is 10.2. The summed E-state index contributed by atoms with van der Waals surface area (Å²) in [5, 5.41) is 0. The summed E-state index contributed by atoms with van der Waals surface area (Å²) in [5.74, 6) is 0.400. The van der Waals surface area contributed by atoms with E-state index in [-0.39, 0.29) is 5.82 Å². The van der Waals surface area contributed by atoms with E-state index in [4.69, 9.17) is 0 Å². The highest BCUT2D eigenvalue weighted by Crippen LogP contribution is 2.15. The van der Waals surface area contributed by atoms with Crippen molar-refractivity contribution in [2.24, 2.45) is 0 Å². The maximum absolute atomic E-state index is 13.1. The summed E-state index contributed by atoms with van der Waals surface area (Å²) in [7, 11) is 0. The van der Waals surface area contributed by atoms with Crippen LogP contribution in [0.5, 0.6) is 0 Å². The first-order valence-corrected chi connectivity index (χ1v) is 8.37. The molecular formula is C18H16BrFN4. The van der Waals surface area contributed by atoms with Crippen LogP contribution in [0.25, 0.3) is 0 Å². The van der Waals surface area contributed by atoms with Gasteiger partial charge in [0.1, 0.15) is 5.82 Å². The lowest BCUT2D eigenvalue weighted by Crippen LogP contribution is -2.27. The van der Waals surface area contributed by atoms with Crippen molar-refractivity contribution >= 4 is 21.9 Å². The summed E-state index contributed by atoms with van der Waals surface area (Å²) in [6, 6.07) is 12.4. The Balaban J connectivity index is 1.77. The van der Waals surface area contributed by atoms with Crippen molar-refractivity contribution in [2.75, 3.05) is 11.4 Å². The zero-order valence-corrected chi connectivity index (χ0v) is 14.5.